The van der Waals surface area contributed by atoms with Crippen LogP contribution < -0.4 is 20.3 Å². The highest BCUT2D eigenvalue weighted by molar-refractivity contribution is 6.06. The molecular weight excluding hydrogens is 538 g/mol. The van der Waals surface area contributed by atoms with Crippen molar-refractivity contribution in [2.45, 2.75) is 46.0 Å². The Kier molecular flexibility index (Phi) is 9.31. The van der Waals surface area contributed by atoms with Crippen LogP contribution in [0.2, 0.25) is 0 Å². The number of hydrogen-bond acceptors (Lipinski definition) is 7. The average Bonchev–Trinajstić information content (AvgIpc) is 3.46. The predicted octanol–water partition coefficient (Wildman–Crippen LogP) is 5.88. The first-order valence-electron chi connectivity index (χ1n) is 15.1. The summed E-state index contributed by atoms with van der Waals surface area (Å²) in [6.45, 7) is 6.22. The van der Waals surface area contributed by atoms with Gasteiger partial charge >= 0.3 is 0 Å². The lowest BCUT2D eigenvalue weighted by Gasteiger charge is -2.22. The Hall–Kier alpha value is -4.37. The molecule has 9 nitrogen and oxygen atoms in total. The first kappa shape index (κ1) is 30.1. The van der Waals surface area contributed by atoms with Crippen molar-refractivity contribution in [3.63, 3.8) is 0 Å². The number of hydrogen-bond donors (Lipinski definition) is 2. The molecule has 0 spiro atoms. The zero-order valence-corrected chi connectivity index (χ0v) is 26.2. The van der Waals surface area contributed by atoms with Gasteiger partial charge in [-0.15, -0.1) is 0 Å². The third-order valence-electron chi connectivity index (χ3n) is 8.15. The molecule has 0 saturated heterocycles. The number of anilines is 4. The third kappa shape index (κ3) is 6.51. The van der Waals surface area contributed by atoms with Crippen molar-refractivity contribution in [2.75, 3.05) is 56.9 Å². The Morgan fingerprint density at radius 1 is 1.02 bits per heavy atom. The van der Waals surface area contributed by atoms with Crippen LogP contribution in [-0.4, -0.2) is 66.7 Å². The van der Waals surface area contributed by atoms with Crippen molar-refractivity contribution in [2.24, 2.45) is 0 Å². The van der Waals surface area contributed by atoms with Crippen LogP contribution in [0.4, 0.5) is 23.0 Å². The molecule has 3 heterocycles. The number of amides is 1. The molecule has 0 saturated carbocycles. The van der Waals surface area contributed by atoms with Gasteiger partial charge in [0.25, 0.3) is 5.91 Å². The van der Waals surface area contributed by atoms with Gasteiger partial charge in [0.05, 0.1) is 18.4 Å². The Labute approximate surface area is 254 Å². The summed E-state index contributed by atoms with van der Waals surface area (Å²) in [5, 5.41) is 6.58. The molecule has 2 N–H and O–H groups in total. The van der Waals surface area contributed by atoms with Gasteiger partial charge in [0.1, 0.15) is 11.6 Å². The van der Waals surface area contributed by atoms with Crippen molar-refractivity contribution < 1.29 is 9.53 Å². The molecule has 0 atom stereocenters. The maximum Gasteiger partial charge on any atom is 0.257 e. The van der Waals surface area contributed by atoms with Gasteiger partial charge in [-0.25, -0.2) is 4.98 Å². The number of nitrogens with zero attached hydrogens (tertiary/aromatic N) is 5. The lowest BCUT2D eigenvalue weighted by atomic mass is 10.0. The van der Waals surface area contributed by atoms with Crippen LogP contribution in [0.1, 0.15) is 53.0 Å². The molecule has 43 heavy (non-hydrogen) atoms. The summed E-state index contributed by atoms with van der Waals surface area (Å²) in [4.78, 5) is 27.5. The fourth-order valence-corrected chi connectivity index (χ4v) is 5.70. The number of para-hydroxylation sites is 1. The molecular formula is C34H43N7O2. The van der Waals surface area contributed by atoms with E-state index in [1.165, 1.54) is 0 Å². The molecule has 2 aromatic heterocycles. The Bertz CT molecular complexity index is 1570. The van der Waals surface area contributed by atoms with Crippen LogP contribution in [0, 0.1) is 0 Å². The summed E-state index contributed by atoms with van der Waals surface area (Å²) in [6, 6.07) is 14.2. The lowest BCUT2D eigenvalue weighted by molar-refractivity contribution is 0.102. The van der Waals surface area contributed by atoms with Gasteiger partial charge < -0.3 is 29.7 Å². The number of benzene rings is 2. The maximum absolute atomic E-state index is 13.5. The minimum absolute atomic E-state index is 0.0864. The number of methoxy groups -OCH3 is 1. The van der Waals surface area contributed by atoms with Gasteiger partial charge in [-0.2, -0.15) is 4.98 Å². The van der Waals surface area contributed by atoms with Crippen molar-refractivity contribution in [1.82, 2.24) is 19.4 Å². The quantitative estimate of drug-likeness (QED) is 0.216. The van der Waals surface area contributed by atoms with Crippen LogP contribution in [0.5, 0.6) is 5.75 Å². The van der Waals surface area contributed by atoms with Crippen LogP contribution in [-0.2, 0) is 25.7 Å². The van der Waals surface area contributed by atoms with E-state index in [0.29, 0.717) is 11.5 Å². The number of carbonyl (C=O) groups excluding carboxylic acids is 1. The SMILES string of the molecule is CCc1cccc(CC)c1NC(=O)c1ccn2c1CCc1cnc(Nc3ccc(N(C)CCCN(C)C)cc3OC)nc1-2. The first-order chi connectivity index (χ1) is 20.8. The molecule has 1 amide bonds. The van der Waals surface area contributed by atoms with Crippen molar-refractivity contribution in [3.05, 3.63) is 82.8 Å². The maximum atomic E-state index is 13.5. The molecule has 2 aromatic carbocycles. The van der Waals surface area contributed by atoms with Gasteiger partial charge in [0.15, 0.2) is 0 Å². The Morgan fingerprint density at radius 3 is 2.49 bits per heavy atom. The highest BCUT2D eigenvalue weighted by Gasteiger charge is 2.25. The molecule has 5 rings (SSSR count). The summed E-state index contributed by atoms with van der Waals surface area (Å²) in [5.74, 6) is 1.90. The Balaban J connectivity index is 1.36. The normalized spacial score (nSPS) is 12.1. The molecule has 0 aliphatic carbocycles. The molecule has 0 bridgehead atoms. The van der Waals surface area contributed by atoms with Crippen LogP contribution in [0.15, 0.2) is 54.9 Å². The van der Waals surface area contributed by atoms with Crippen molar-refractivity contribution >= 4 is 28.9 Å². The molecule has 4 aromatic rings. The summed E-state index contributed by atoms with van der Waals surface area (Å²) in [5.41, 5.74) is 7.79. The summed E-state index contributed by atoms with van der Waals surface area (Å²) in [7, 11) is 7.95. The van der Waals surface area contributed by atoms with E-state index < -0.39 is 0 Å². The molecule has 0 unspecified atom stereocenters. The fourth-order valence-electron chi connectivity index (χ4n) is 5.70. The molecule has 1 aliphatic rings. The largest absolute Gasteiger partial charge is 0.494 e. The second-order valence-electron chi connectivity index (χ2n) is 11.3. The number of fused-ring (bicyclic) bond motifs is 3. The highest BCUT2D eigenvalue weighted by atomic mass is 16.5. The first-order valence-corrected chi connectivity index (χ1v) is 15.1. The van der Waals surface area contributed by atoms with Crippen LogP contribution >= 0.6 is 0 Å². The van der Waals surface area contributed by atoms with Crippen molar-refractivity contribution in [1.29, 1.82) is 0 Å². The number of ether oxygens (including phenoxy) is 1. The van der Waals surface area contributed by atoms with Crippen molar-refractivity contribution in [3.8, 4) is 11.6 Å². The molecule has 9 heteroatoms. The van der Waals surface area contributed by atoms with E-state index in [0.717, 1.165) is 96.2 Å². The van der Waals surface area contributed by atoms with E-state index >= 15 is 0 Å². The second-order valence-corrected chi connectivity index (χ2v) is 11.3. The van der Waals surface area contributed by atoms with Crippen LogP contribution in [0.3, 0.4) is 0 Å². The molecule has 1 aliphatic heterocycles. The minimum Gasteiger partial charge on any atom is -0.494 e. The highest BCUT2D eigenvalue weighted by Crippen LogP contribution is 2.33. The van der Waals surface area contributed by atoms with Gasteiger partial charge in [0.2, 0.25) is 5.95 Å². The number of rotatable bonds is 12. The van der Waals surface area contributed by atoms with Gasteiger partial charge in [-0.1, -0.05) is 32.0 Å². The van der Waals surface area contributed by atoms with E-state index in [2.05, 4.69) is 84.7 Å². The smallest absolute Gasteiger partial charge is 0.257 e. The summed E-state index contributed by atoms with van der Waals surface area (Å²) < 4.78 is 7.75. The summed E-state index contributed by atoms with van der Waals surface area (Å²) in [6.07, 6.45) is 8.11. The van der Waals surface area contributed by atoms with E-state index in [9.17, 15) is 4.79 Å². The zero-order valence-electron chi connectivity index (χ0n) is 26.2. The van der Waals surface area contributed by atoms with E-state index in [-0.39, 0.29) is 5.91 Å². The van der Waals surface area contributed by atoms with Gasteiger partial charge in [0, 0.05) is 54.7 Å². The third-order valence-corrected chi connectivity index (χ3v) is 8.15. The molecule has 226 valence electrons. The monoisotopic (exact) mass is 581 g/mol. The van der Waals surface area contributed by atoms with Gasteiger partial charge in [-0.3, -0.25) is 4.79 Å². The zero-order chi connectivity index (χ0) is 30.5. The number of nitrogens with one attached hydrogen (secondary N) is 2. The number of carbonyl (C=O) groups is 1. The van der Waals surface area contributed by atoms with E-state index in [1.54, 1.807) is 7.11 Å². The van der Waals surface area contributed by atoms with Gasteiger partial charge in [-0.05, 0) is 82.1 Å². The van der Waals surface area contributed by atoms with Crippen LogP contribution in [0.25, 0.3) is 5.82 Å². The minimum atomic E-state index is -0.0864. The summed E-state index contributed by atoms with van der Waals surface area (Å²) >= 11 is 0. The van der Waals surface area contributed by atoms with E-state index in [4.69, 9.17) is 9.72 Å². The standard InChI is InChI=1S/C34H43N7O2/c1-7-23-11-9-12-24(8-2)31(23)37-33(42)27-17-20-41-29(27)16-13-25-22-35-34(38-32(25)41)36-28-15-14-26(21-30(28)43-6)40(5)19-10-18-39(3)4/h9,11-12,14-15,17,20-22H,7-8,10,13,16,18-19H2,1-6H3,(H,37,42)(H,35,36,38). The fraction of sp³-hybridized carbons (Fsp3) is 0.382. The second kappa shape index (κ2) is 13.3. The lowest BCUT2D eigenvalue weighted by Crippen LogP contribution is -2.23. The topological polar surface area (TPSA) is 87.6 Å². The average molecular weight is 582 g/mol. The molecule has 0 radical (unpaired) electrons. The van der Waals surface area contributed by atoms with E-state index in [1.807, 2.05) is 35.2 Å². The predicted molar refractivity (Wildman–Crippen MR) is 175 cm³/mol. The molecule has 0 fully saturated rings. The number of aryl methyl sites for hydroxylation is 3. The Morgan fingerprint density at radius 2 is 1.79 bits per heavy atom. The number of aromatic nitrogens is 3.